The Balaban J connectivity index is 1.83. The normalized spacial score (nSPS) is 11.0. The first-order valence-electron chi connectivity index (χ1n) is 8.57. The van der Waals surface area contributed by atoms with Crippen LogP contribution >= 0.6 is 0 Å². The SMILES string of the molecule is CN=C(NCCNc1ccccc1[N+](=O)[O-])N(C)Cc1ccc(OC)cc1. The highest BCUT2D eigenvalue weighted by atomic mass is 16.6. The van der Waals surface area contributed by atoms with Gasteiger partial charge in [0.05, 0.1) is 12.0 Å². The lowest BCUT2D eigenvalue weighted by Crippen LogP contribution is -2.40. The predicted octanol–water partition coefficient (Wildman–Crippen LogP) is 2.72. The summed E-state index contributed by atoms with van der Waals surface area (Å²) in [6, 6.07) is 14.5. The van der Waals surface area contributed by atoms with Gasteiger partial charge in [-0.25, -0.2) is 0 Å². The zero-order valence-electron chi connectivity index (χ0n) is 15.8. The van der Waals surface area contributed by atoms with Crippen molar-refractivity contribution in [2.75, 3.05) is 39.6 Å². The molecule has 0 aliphatic carbocycles. The van der Waals surface area contributed by atoms with Crippen LogP contribution in [0.5, 0.6) is 5.75 Å². The number of anilines is 1. The number of rotatable bonds is 8. The van der Waals surface area contributed by atoms with Gasteiger partial charge in [-0.2, -0.15) is 0 Å². The van der Waals surface area contributed by atoms with Gasteiger partial charge in [-0.1, -0.05) is 24.3 Å². The number of ether oxygens (including phenoxy) is 1. The lowest BCUT2D eigenvalue weighted by atomic mass is 10.2. The Kier molecular flexibility index (Phi) is 7.42. The van der Waals surface area contributed by atoms with E-state index in [1.807, 2.05) is 36.2 Å². The molecule has 0 saturated heterocycles. The van der Waals surface area contributed by atoms with Gasteiger partial charge in [0.1, 0.15) is 11.4 Å². The summed E-state index contributed by atoms with van der Waals surface area (Å²) in [5.41, 5.74) is 1.71. The summed E-state index contributed by atoms with van der Waals surface area (Å²) in [5.74, 6) is 1.57. The number of aliphatic imine (C=N–C) groups is 1. The van der Waals surface area contributed by atoms with Gasteiger partial charge in [0.25, 0.3) is 5.69 Å². The summed E-state index contributed by atoms with van der Waals surface area (Å²) in [6.07, 6.45) is 0. The maximum Gasteiger partial charge on any atom is 0.292 e. The fraction of sp³-hybridized carbons (Fsp3) is 0.316. The first-order chi connectivity index (χ1) is 13.0. The molecule has 2 aromatic carbocycles. The molecular formula is C19H25N5O3. The molecule has 0 bridgehead atoms. The molecule has 2 N–H and O–H groups in total. The average Bonchev–Trinajstić information content (AvgIpc) is 2.68. The molecular weight excluding hydrogens is 346 g/mol. The van der Waals surface area contributed by atoms with Crippen molar-refractivity contribution in [3.63, 3.8) is 0 Å². The largest absolute Gasteiger partial charge is 0.497 e. The number of hydrogen-bond acceptors (Lipinski definition) is 5. The molecule has 0 radical (unpaired) electrons. The molecule has 27 heavy (non-hydrogen) atoms. The highest BCUT2D eigenvalue weighted by Gasteiger charge is 2.11. The van der Waals surface area contributed by atoms with Crippen molar-refractivity contribution in [2.24, 2.45) is 4.99 Å². The van der Waals surface area contributed by atoms with Crippen LogP contribution in [0.2, 0.25) is 0 Å². The summed E-state index contributed by atoms with van der Waals surface area (Å²) in [4.78, 5) is 16.9. The third kappa shape index (κ3) is 5.88. The highest BCUT2D eigenvalue weighted by molar-refractivity contribution is 5.79. The van der Waals surface area contributed by atoms with Crippen molar-refractivity contribution in [3.8, 4) is 5.75 Å². The van der Waals surface area contributed by atoms with Gasteiger partial charge >= 0.3 is 0 Å². The molecule has 0 fully saturated rings. The molecule has 0 saturated carbocycles. The van der Waals surface area contributed by atoms with Crippen LogP contribution in [0.3, 0.4) is 0 Å². The Labute approximate surface area is 159 Å². The van der Waals surface area contributed by atoms with Gasteiger partial charge in [0, 0.05) is 39.8 Å². The standard InChI is InChI=1S/C19H25N5O3/c1-20-19(23(2)14-15-8-10-16(27-3)11-9-15)22-13-12-21-17-6-4-5-7-18(17)24(25)26/h4-11,21H,12-14H2,1-3H3,(H,20,22). The van der Waals surface area contributed by atoms with E-state index in [4.69, 9.17) is 4.74 Å². The Hall–Kier alpha value is -3.29. The molecule has 0 aliphatic rings. The van der Waals surface area contributed by atoms with Crippen molar-refractivity contribution in [3.05, 3.63) is 64.2 Å². The van der Waals surface area contributed by atoms with Crippen LogP contribution in [0.25, 0.3) is 0 Å². The Morgan fingerprint density at radius 3 is 2.52 bits per heavy atom. The van der Waals surface area contributed by atoms with Crippen molar-refractivity contribution >= 4 is 17.3 Å². The number of methoxy groups -OCH3 is 1. The zero-order valence-corrected chi connectivity index (χ0v) is 15.8. The van der Waals surface area contributed by atoms with Gasteiger partial charge in [0.2, 0.25) is 0 Å². The monoisotopic (exact) mass is 371 g/mol. The Bertz CT molecular complexity index is 777. The molecule has 0 aromatic heterocycles. The molecule has 8 heteroatoms. The number of nitro groups is 1. The number of nitro benzene ring substituents is 1. The molecule has 0 amide bonds. The van der Waals surface area contributed by atoms with Crippen molar-refractivity contribution in [1.82, 2.24) is 10.2 Å². The van der Waals surface area contributed by atoms with E-state index in [0.717, 1.165) is 17.3 Å². The third-order valence-corrected chi connectivity index (χ3v) is 3.98. The van der Waals surface area contributed by atoms with Crippen LogP contribution in [0.4, 0.5) is 11.4 Å². The smallest absolute Gasteiger partial charge is 0.292 e. The number of benzene rings is 2. The minimum Gasteiger partial charge on any atom is -0.497 e. The van der Waals surface area contributed by atoms with Gasteiger partial charge < -0.3 is 20.3 Å². The average molecular weight is 371 g/mol. The second kappa shape index (κ2) is 10.0. The van der Waals surface area contributed by atoms with Gasteiger partial charge in [-0.15, -0.1) is 0 Å². The summed E-state index contributed by atoms with van der Waals surface area (Å²) < 4.78 is 5.17. The second-order valence-corrected chi connectivity index (χ2v) is 5.88. The van der Waals surface area contributed by atoms with Crippen LogP contribution < -0.4 is 15.4 Å². The van der Waals surface area contributed by atoms with E-state index in [1.165, 1.54) is 6.07 Å². The van der Waals surface area contributed by atoms with E-state index in [9.17, 15) is 10.1 Å². The van der Waals surface area contributed by atoms with E-state index in [1.54, 1.807) is 32.4 Å². The van der Waals surface area contributed by atoms with E-state index in [2.05, 4.69) is 15.6 Å². The number of hydrogen-bond donors (Lipinski definition) is 2. The van der Waals surface area contributed by atoms with Crippen LogP contribution in [0.15, 0.2) is 53.5 Å². The van der Waals surface area contributed by atoms with Crippen molar-refractivity contribution in [2.45, 2.75) is 6.54 Å². The Morgan fingerprint density at radius 1 is 1.19 bits per heavy atom. The molecule has 8 nitrogen and oxygen atoms in total. The lowest BCUT2D eigenvalue weighted by Gasteiger charge is -2.22. The predicted molar refractivity (Wildman–Crippen MR) is 107 cm³/mol. The maximum atomic E-state index is 11.0. The van der Waals surface area contributed by atoms with Gasteiger partial charge in [0.15, 0.2) is 5.96 Å². The minimum atomic E-state index is -0.392. The minimum absolute atomic E-state index is 0.0681. The molecule has 2 aromatic rings. The van der Waals surface area contributed by atoms with Crippen LogP contribution in [-0.2, 0) is 6.54 Å². The number of nitrogens with zero attached hydrogens (tertiary/aromatic N) is 3. The molecule has 144 valence electrons. The fourth-order valence-electron chi connectivity index (χ4n) is 2.62. The number of para-hydroxylation sites is 2. The van der Waals surface area contributed by atoms with E-state index >= 15 is 0 Å². The van der Waals surface area contributed by atoms with Crippen molar-refractivity contribution in [1.29, 1.82) is 0 Å². The molecule has 0 atom stereocenters. The van der Waals surface area contributed by atoms with Crippen LogP contribution in [0.1, 0.15) is 5.56 Å². The summed E-state index contributed by atoms with van der Waals surface area (Å²) in [7, 11) is 5.32. The zero-order chi connectivity index (χ0) is 19.6. The van der Waals surface area contributed by atoms with E-state index in [-0.39, 0.29) is 5.69 Å². The van der Waals surface area contributed by atoms with Crippen molar-refractivity contribution < 1.29 is 9.66 Å². The highest BCUT2D eigenvalue weighted by Crippen LogP contribution is 2.22. The summed E-state index contributed by atoms with van der Waals surface area (Å²) >= 11 is 0. The summed E-state index contributed by atoms with van der Waals surface area (Å²) in [6.45, 7) is 1.80. The molecule has 0 aliphatic heterocycles. The van der Waals surface area contributed by atoms with Gasteiger partial charge in [-0.3, -0.25) is 15.1 Å². The molecule has 0 spiro atoms. The fourth-order valence-corrected chi connectivity index (χ4v) is 2.62. The topological polar surface area (TPSA) is 92.0 Å². The lowest BCUT2D eigenvalue weighted by molar-refractivity contribution is -0.384. The van der Waals surface area contributed by atoms with Crippen LogP contribution in [-0.4, -0.2) is 50.1 Å². The van der Waals surface area contributed by atoms with E-state index in [0.29, 0.717) is 25.3 Å². The van der Waals surface area contributed by atoms with Gasteiger partial charge in [-0.05, 0) is 23.8 Å². The maximum absolute atomic E-state index is 11.0. The third-order valence-electron chi connectivity index (χ3n) is 3.98. The first kappa shape index (κ1) is 20.0. The number of nitrogens with one attached hydrogen (secondary N) is 2. The molecule has 2 rings (SSSR count). The van der Waals surface area contributed by atoms with E-state index < -0.39 is 4.92 Å². The number of guanidine groups is 1. The quantitative estimate of drug-likeness (QED) is 0.244. The Morgan fingerprint density at radius 2 is 1.89 bits per heavy atom. The first-order valence-corrected chi connectivity index (χ1v) is 8.57. The molecule has 0 unspecified atom stereocenters. The second-order valence-electron chi connectivity index (χ2n) is 5.88. The summed E-state index contributed by atoms with van der Waals surface area (Å²) in [5, 5.41) is 17.4. The van der Waals surface area contributed by atoms with Crippen LogP contribution in [0, 0.1) is 10.1 Å². The molecule has 0 heterocycles.